The van der Waals surface area contributed by atoms with Gasteiger partial charge in [-0.25, -0.2) is 4.79 Å². The van der Waals surface area contributed by atoms with Crippen molar-refractivity contribution in [2.24, 2.45) is 35.5 Å². The summed E-state index contributed by atoms with van der Waals surface area (Å²) in [6, 6.07) is -6.23. The molecule has 0 aromatic rings. The number of hydrogen-bond acceptors (Lipinski definition) is 13. The molecule has 3 rings (SSSR count). The average molecular weight is 1060 g/mol. The predicted molar refractivity (Wildman–Crippen MR) is 283 cm³/mol. The molecular formula is C56H94N6O13. The molecular weight excluding hydrogens is 965 g/mol. The quantitative estimate of drug-likeness (QED) is 0.266. The van der Waals surface area contributed by atoms with Crippen LogP contribution in [0, 0.1) is 35.5 Å². The van der Waals surface area contributed by atoms with E-state index in [1.807, 2.05) is 48.5 Å². The Hall–Kier alpha value is -4.91. The van der Waals surface area contributed by atoms with Gasteiger partial charge in [0.25, 0.3) is 0 Å². The molecule has 0 saturated carbocycles. The number of cyclic esters (lactones) is 2. The van der Waals surface area contributed by atoms with Crippen LogP contribution in [0.4, 0.5) is 0 Å². The molecule has 6 amide bonds. The molecule has 0 spiro atoms. The zero-order valence-corrected chi connectivity index (χ0v) is 48.5. The maximum absolute atomic E-state index is 14.8. The van der Waals surface area contributed by atoms with Crippen LogP contribution in [0.25, 0.3) is 0 Å². The van der Waals surface area contributed by atoms with E-state index in [-0.39, 0.29) is 38.0 Å². The Morgan fingerprint density at radius 3 is 1.71 bits per heavy atom. The van der Waals surface area contributed by atoms with E-state index in [0.29, 0.717) is 56.9 Å². The zero-order chi connectivity index (χ0) is 56.9. The zero-order valence-electron chi connectivity index (χ0n) is 48.5. The Morgan fingerprint density at radius 2 is 1.16 bits per heavy atom. The van der Waals surface area contributed by atoms with Crippen molar-refractivity contribution in [3.8, 4) is 0 Å². The number of aliphatic hydroxyl groups excluding tert-OH is 1. The molecule has 3 heterocycles. The number of amides is 6. The number of ketones is 1. The van der Waals surface area contributed by atoms with Gasteiger partial charge in [-0.05, 0) is 107 Å². The number of nitrogens with zero attached hydrogens (tertiary/aromatic N) is 6. The normalized spacial score (nSPS) is 30.9. The van der Waals surface area contributed by atoms with Gasteiger partial charge in [-0.1, -0.05) is 74.8 Å². The number of allylic oxidation sites excluding steroid dienone is 2. The summed E-state index contributed by atoms with van der Waals surface area (Å²) in [5.41, 5.74) is 0.326. The first kappa shape index (κ1) is 64.4. The van der Waals surface area contributed by atoms with Crippen molar-refractivity contribution in [2.75, 3.05) is 55.0 Å². The highest BCUT2D eigenvalue weighted by atomic mass is 16.6. The van der Waals surface area contributed by atoms with Crippen LogP contribution in [-0.4, -0.2) is 197 Å². The van der Waals surface area contributed by atoms with E-state index in [1.54, 1.807) is 40.7 Å². The molecule has 75 heavy (non-hydrogen) atoms. The van der Waals surface area contributed by atoms with Crippen molar-refractivity contribution in [2.45, 2.75) is 202 Å². The topological polar surface area (TPSA) is 221 Å². The maximum Gasteiger partial charge on any atom is 0.329 e. The number of fused-ring (bicyclic) bond motifs is 2. The summed E-state index contributed by atoms with van der Waals surface area (Å²) in [5.74, 6) is -7.14. The molecule has 0 aliphatic carbocycles. The van der Waals surface area contributed by atoms with Crippen LogP contribution in [0.1, 0.15) is 147 Å². The molecule has 3 aliphatic heterocycles. The van der Waals surface area contributed by atoms with Crippen LogP contribution in [-0.2, 0) is 57.4 Å². The van der Waals surface area contributed by atoms with Crippen molar-refractivity contribution >= 4 is 53.2 Å². The Balaban J connectivity index is 2.08. The van der Waals surface area contributed by atoms with Gasteiger partial charge in [-0.2, -0.15) is 0 Å². The Bertz CT molecular complexity index is 2040. The summed E-state index contributed by atoms with van der Waals surface area (Å²) in [4.78, 5) is 136. The molecule has 426 valence electrons. The van der Waals surface area contributed by atoms with E-state index >= 15 is 0 Å². The number of likely N-dealkylation sites (N-methyl/N-ethyl adjacent to an activating group) is 4. The van der Waals surface area contributed by atoms with Gasteiger partial charge < -0.3 is 48.7 Å². The third-order valence-corrected chi connectivity index (χ3v) is 16.2. The summed E-state index contributed by atoms with van der Waals surface area (Å²) in [5, 5.41) is 11.1. The number of rotatable bonds is 7. The summed E-state index contributed by atoms with van der Waals surface area (Å²) >= 11 is 0. The first-order chi connectivity index (χ1) is 35.0. The molecule has 1 N–H and O–H groups in total. The smallest absolute Gasteiger partial charge is 0.329 e. The number of ether oxygens (including phenoxy) is 3. The lowest BCUT2D eigenvalue weighted by Crippen LogP contribution is -2.62. The first-order valence-electron chi connectivity index (χ1n) is 27.5. The van der Waals surface area contributed by atoms with Crippen LogP contribution >= 0.6 is 0 Å². The lowest BCUT2D eigenvalue weighted by atomic mass is 9.93. The van der Waals surface area contributed by atoms with Gasteiger partial charge in [0.1, 0.15) is 48.5 Å². The molecule has 0 aromatic carbocycles. The molecule has 0 bridgehead atoms. The largest absolute Gasteiger partial charge is 0.462 e. The van der Waals surface area contributed by atoms with Gasteiger partial charge in [-0.3, -0.25) is 38.4 Å². The third-order valence-electron chi connectivity index (χ3n) is 16.2. The molecule has 2 fully saturated rings. The number of methoxy groups -OCH3 is 1. The van der Waals surface area contributed by atoms with Crippen molar-refractivity contribution in [3.63, 3.8) is 0 Å². The fourth-order valence-corrected chi connectivity index (χ4v) is 10.6. The lowest BCUT2D eigenvalue weighted by molar-refractivity contribution is -0.163. The van der Waals surface area contributed by atoms with E-state index in [2.05, 4.69) is 0 Å². The predicted octanol–water partition coefficient (Wildman–Crippen LogP) is 4.89. The number of esters is 2. The van der Waals surface area contributed by atoms with E-state index in [1.165, 1.54) is 64.7 Å². The Labute approximate surface area is 447 Å². The SMILES string of the molecule is CCC(C)C1C(=O)N(C)C(C(C)C)C(=O)N(C)C(COC)C(=O)N2CCCC2C(=O)N(C)C(C(C)C)C(=O)N2CCCC2C(=O)OC(C(C)C)CCCC(O)C(C)C(=O)OC(C)C(C)CC=C(C)C(=O)CC(=O)N1C. The van der Waals surface area contributed by atoms with Crippen LogP contribution in [0.2, 0.25) is 0 Å². The number of carbonyl (C=O) groups is 9. The molecule has 0 aromatic heterocycles. The fourth-order valence-electron chi connectivity index (χ4n) is 10.6. The molecule has 19 nitrogen and oxygen atoms in total. The van der Waals surface area contributed by atoms with Gasteiger partial charge in [0.05, 0.1) is 25.0 Å². The van der Waals surface area contributed by atoms with Crippen LogP contribution in [0.3, 0.4) is 0 Å². The highest BCUT2D eigenvalue weighted by Crippen LogP contribution is 2.30. The molecule has 0 radical (unpaired) electrons. The summed E-state index contributed by atoms with van der Waals surface area (Å²) < 4.78 is 17.4. The number of carbonyl (C=O) groups excluding carboxylic acids is 9. The van der Waals surface area contributed by atoms with Gasteiger partial charge >= 0.3 is 11.9 Å². The van der Waals surface area contributed by atoms with Crippen LogP contribution < -0.4 is 0 Å². The maximum atomic E-state index is 14.8. The van der Waals surface area contributed by atoms with Gasteiger partial charge in [0.2, 0.25) is 35.4 Å². The van der Waals surface area contributed by atoms with Gasteiger partial charge in [-0.15, -0.1) is 0 Å². The molecule has 12 atom stereocenters. The van der Waals surface area contributed by atoms with Crippen molar-refractivity contribution in [3.05, 3.63) is 11.6 Å². The highest BCUT2D eigenvalue weighted by Gasteiger charge is 2.47. The van der Waals surface area contributed by atoms with Crippen molar-refractivity contribution < 1.29 is 62.5 Å². The highest BCUT2D eigenvalue weighted by molar-refractivity contribution is 6.07. The summed E-state index contributed by atoms with van der Waals surface area (Å²) in [6.07, 6.45) is 2.58. The van der Waals surface area contributed by atoms with E-state index in [9.17, 15) is 48.3 Å². The lowest BCUT2D eigenvalue weighted by Gasteiger charge is -2.41. The van der Waals surface area contributed by atoms with Gasteiger partial charge in [0, 0.05) is 48.4 Å². The average Bonchev–Trinajstić information content (AvgIpc) is 4.06. The minimum Gasteiger partial charge on any atom is -0.462 e. The Kier molecular flexibility index (Phi) is 24.9. The number of aliphatic hydroxyl groups is 1. The molecule has 19 heteroatoms. The van der Waals surface area contributed by atoms with E-state index in [4.69, 9.17) is 14.2 Å². The number of hydrogen-bond donors (Lipinski definition) is 1. The standard InChI is InChI=1S/C56H94N6O13/c1-18-35(8)49-53(69)60(16)47(33(4)5)52(68)57(13)42(31-73-17)51(67)61-28-20-22-40(61)50(66)59(15)48(34(6)7)54(70)62-29-21-23-41(62)56(72)75-45(32(2)3)25-19-24-43(63)38(11)55(71)74-39(12)36(9)26-27-37(10)44(64)30-46(65)58(49)14/h27,32-36,38-43,45,47-49,63H,18-26,28-31H2,1-17H3. The molecule has 3 aliphatic rings. The molecule has 12 unspecified atom stereocenters. The first-order valence-corrected chi connectivity index (χ1v) is 27.5. The Morgan fingerprint density at radius 1 is 0.627 bits per heavy atom. The second-order valence-electron chi connectivity index (χ2n) is 22.8. The second-order valence-corrected chi connectivity index (χ2v) is 22.8. The second kappa shape index (κ2) is 29.0. The van der Waals surface area contributed by atoms with Crippen LogP contribution in [0.5, 0.6) is 0 Å². The van der Waals surface area contributed by atoms with E-state index < -0.39 is 138 Å². The van der Waals surface area contributed by atoms with Gasteiger partial charge in [0.15, 0.2) is 5.78 Å². The van der Waals surface area contributed by atoms with Crippen LogP contribution in [0.15, 0.2) is 11.6 Å². The van der Waals surface area contributed by atoms with Crippen molar-refractivity contribution in [1.29, 1.82) is 0 Å². The third kappa shape index (κ3) is 16.1. The fraction of sp³-hybridized carbons (Fsp3) is 0.804. The monoisotopic (exact) mass is 1060 g/mol. The molecule has 2 saturated heterocycles. The minimum absolute atomic E-state index is 0.104. The minimum atomic E-state index is -1.21. The summed E-state index contributed by atoms with van der Waals surface area (Å²) in [6.45, 7) is 21.8. The number of Topliss-reactive ketones (excluding diaryl/α,β-unsaturated/α-hetero) is 1. The van der Waals surface area contributed by atoms with E-state index in [0.717, 1.165) is 0 Å². The summed E-state index contributed by atoms with van der Waals surface area (Å²) in [7, 11) is 7.36. The van der Waals surface area contributed by atoms with Crippen molar-refractivity contribution in [1.82, 2.24) is 29.4 Å².